The van der Waals surface area contributed by atoms with Crippen LogP contribution >= 0.6 is 0 Å². The number of nitrogens with one attached hydrogen (secondary N) is 1. The second kappa shape index (κ2) is 8.85. The Labute approximate surface area is 159 Å². The van der Waals surface area contributed by atoms with E-state index in [4.69, 9.17) is 4.74 Å². The lowest BCUT2D eigenvalue weighted by molar-refractivity contribution is -0.119. The number of rotatable bonds is 8. The van der Waals surface area contributed by atoms with Gasteiger partial charge in [-0.1, -0.05) is 6.07 Å². The average Bonchev–Trinajstić information content (AvgIpc) is 2.56. The third kappa shape index (κ3) is 6.56. The first-order valence-electron chi connectivity index (χ1n) is 8.36. The maximum atomic E-state index is 12.8. The number of halogens is 1. The zero-order valence-electron chi connectivity index (χ0n) is 15.5. The molecule has 146 valence electrons. The first-order valence-corrected chi connectivity index (χ1v) is 10.2. The van der Waals surface area contributed by atoms with E-state index < -0.39 is 15.9 Å². The highest BCUT2D eigenvalue weighted by Crippen LogP contribution is 2.21. The van der Waals surface area contributed by atoms with Crippen LogP contribution < -0.4 is 14.4 Å². The van der Waals surface area contributed by atoms with Gasteiger partial charge < -0.3 is 10.1 Å². The van der Waals surface area contributed by atoms with E-state index in [0.29, 0.717) is 11.4 Å². The fraction of sp³-hybridized carbons (Fsp3) is 0.316. The first-order chi connectivity index (χ1) is 12.6. The number of anilines is 1. The molecule has 2 aromatic carbocycles. The summed E-state index contributed by atoms with van der Waals surface area (Å²) in [6.07, 6.45) is 1.07. The van der Waals surface area contributed by atoms with Crippen LogP contribution in [-0.4, -0.2) is 40.3 Å². The van der Waals surface area contributed by atoms with Gasteiger partial charge in [0.2, 0.25) is 15.9 Å². The molecule has 0 aliphatic carbocycles. The van der Waals surface area contributed by atoms with Gasteiger partial charge in [0.1, 0.15) is 24.7 Å². The Balaban J connectivity index is 1.93. The Bertz CT molecular complexity index is 878. The lowest BCUT2D eigenvalue weighted by atomic mass is 10.1. The van der Waals surface area contributed by atoms with E-state index >= 15 is 0 Å². The highest BCUT2D eigenvalue weighted by atomic mass is 32.2. The number of sulfonamides is 1. The molecule has 0 spiro atoms. The minimum Gasteiger partial charge on any atom is -0.492 e. The fourth-order valence-corrected chi connectivity index (χ4v) is 3.41. The quantitative estimate of drug-likeness (QED) is 0.698. The molecule has 6 nitrogen and oxygen atoms in total. The third-order valence-corrected chi connectivity index (χ3v) is 4.83. The Hall–Kier alpha value is -2.61. The summed E-state index contributed by atoms with van der Waals surface area (Å²) in [5.41, 5.74) is 2.27. The van der Waals surface area contributed by atoms with Crippen molar-refractivity contribution in [2.24, 2.45) is 0 Å². The van der Waals surface area contributed by atoms with Gasteiger partial charge in [0, 0.05) is 0 Å². The minimum absolute atomic E-state index is 0.180. The van der Waals surface area contributed by atoms with Crippen LogP contribution in [0.1, 0.15) is 11.1 Å². The van der Waals surface area contributed by atoms with Crippen molar-refractivity contribution in [2.75, 3.05) is 30.3 Å². The molecule has 27 heavy (non-hydrogen) atoms. The molecule has 2 rings (SSSR count). The van der Waals surface area contributed by atoms with E-state index in [1.807, 2.05) is 19.9 Å². The number of hydrogen-bond donors (Lipinski definition) is 1. The Morgan fingerprint density at radius 1 is 1.11 bits per heavy atom. The van der Waals surface area contributed by atoms with Crippen molar-refractivity contribution in [3.8, 4) is 5.75 Å². The van der Waals surface area contributed by atoms with Gasteiger partial charge in [0.25, 0.3) is 0 Å². The molecule has 0 aliphatic heterocycles. The zero-order valence-corrected chi connectivity index (χ0v) is 16.3. The third-order valence-electron chi connectivity index (χ3n) is 3.69. The van der Waals surface area contributed by atoms with Gasteiger partial charge in [-0.05, 0) is 61.4 Å². The van der Waals surface area contributed by atoms with Gasteiger partial charge in [-0.15, -0.1) is 0 Å². The minimum atomic E-state index is -3.62. The molecule has 1 amide bonds. The van der Waals surface area contributed by atoms with Crippen molar-refractivity contribution < 1.29 is 22.3 Å². The molecule has 0 fully saturated rings. The maximum Gasteiger partial charge on any atom is 0.240 e. The lowest BCUT2D eigenvalue weighted by Gasteiger charge is -2.22. The number of carbonyl (C=O) groups excluding carboxylic acids is 1. The van der Waals surface area contributed by atoms with Crippen LogP contribution in [0.15, 0.2) is 42.5 Å². The predicted molar refractivity (Wildman–Crippen MR) is 103 cm³/mol. The normalized spacial score (nSPS) is 11.1. The van der Waals surface area contributed by atoms with E-state index in [1.54, 1.807) is 12.1 Å². The molecule has 0 saturated carbocycles. The molecule has 0 aromatic heterocycles. The molecule has 0 aliphatic rings. The maximum absolute atomic E-state index is 12.8. The number of amides is 1. The molecular weight excluding hydrogens is 371 g/mol. The number of ether oxygens (including phenoxy) is 1. The van der Waals surface area contributed by atoms with E-state index in [0.717, 1.165) is 21.7 Å². The van der Waals surface area contributed by atoms with Gasteiger partial charge in [-0.2, -0.15) is 0 Å². The summed E-state index contributed by atoms with van der Waals surface area (Å²) in [7, 11) is -3.62. The molecule has 0 unspecified atom stereocenters. The molecule has 0 atom stereocenters. The molecule has 0 bridgehead atoms. The van der Waals surface area contributed by atoms with Crippen LogP contribution in [0.4, 0.5) is 10.1 Å². The SMILES string of the molecule is Cc1cc(C)cc(N(CC(=O)NCCOc2ccc(F)cc2)S(C)(=O)=O)c1. The van der Waals surface area contributed by atoms with Crippen molar-refractivity contribution in [1.29, 1.82) is 0 Å². The second-order valence-electron chi connectivity index (χ2n) is 6.27. The van der Waals surface area contributed by atoms with E-state index in [-0.39, 0.29) is 25.5 Å². The molecule has 0 heterocycles. The van der Waals surface area contributed by atoms with E-state index in [1.165, 1.54) is 24.3 Å². The van der Waals surface area contributed by atoms with Crippen LogP contribution in [0.3, 0.4) is 0 Å². The smallest absolute Gasteiger partial charge is 0.240 e. The molecule has 1 N–H and O–H groups in total. The molecule has 0 radical (unpaired) electrons. The summed E-state index contributed by atoms with van der Waals surface area (Å²) in [6.45, 7) is 3.78. The highest BCUT2D eigenvalue weighted by molar-refractivity contribution is 7.92. The van der Waals surface area contributed by atoms with E-state index in [2.05, 4.69) is 5.32 Å². The predicted octanol–water partition coefficient (Wildman–Crippen LogP) is 2.40. The van der Waals surface area contributed by atoms with Crippen molar-refractivity contribution in [2.45, 2.75) is 13.8 Å². The number of carbonyl (C=O) groups is 1. The van der Waals surface area contributed by atoms with Gasteiger partial charge in [-0.25, -0.2) is 12.8 Å². The Morgan fingerprint density at radius 2 is 1.70 bits per heavy atom. The summed E-state index contributed by atoms with van der Waals surface area (Å²) in [5.74, 6) is -0.316. The highest BCUT2D eigenvalue weighted by Gasteiger charge is 2.21. The van der Waals surface area contributed by atoms with Gasteiger partial charge in [-0.3, -0.25) is 9.10 Å². The van der Waals surface area contributed by atoms with E-state index in [9.17, 15) is 17.6 Å². The summed E-state index contributed by atoms with van der Waals surface area (Å²) in [6, 6.07) is 10.9. The van der Waals surface area contributed by atoms with Crippen molar-refractivity contribution in [3.63, 3.8) is 0 Å². The van der Waals surface area contributed by atoms with Crippen molar-refractivity contribution >= 4 is 21.6 Å². The standard InChI is InChI=1S/C19H23FN2O4S/c1-14-10-15(2)12-17(11-14)22(27(3,24)25)13-19(23)21-8-9-26-18-6-4-16(20)5-7-18/h4-7,10-12H,8-9,13H2,1-3H3,(H,21,23). The summed E-state index contributed by atoms with van der Waals surface area (Å²) in [4.78, 5) is 12.2. The second-order valence-corrected chi connectivity index (χ2v) is 8.17. The summed E-state index contributed by atoms with van der Waals surface area (Å²) in [5, 5.41) is 2.62. The Morgan fingerprint density at radius 3 is 2.26 bits per heavy atom. The topological polar surface area (TPSA) is 75.7 Å². The van der Waals surface area contributed by atoms with Crippen LogP contribution in [0.2, 0.25) is 0 Å². The largest absolute Gasteiger partial charge is 0.492 e. The van der Waals surface area contributed by atoms with Crippen molar-refractivity contribution in [1.82, 2.24) is 5.32 Å². The molecule has 0 saturated heterocycles. The van der Waals surface area contributed by atoms with Gasteiger partial charge in [0.15, 0.2) is 0 Å². The monoisotopic (exact) mass is 394 g/mol. The van der Waals surface area contributed by atoms with Crippen LogP contribution in [0.5, 0.6) is 5.75 Å². The van der Waals surface area contributed by atoms with Crippen LogP contribution in [-0.2, 0) is 14.8 Å². The van der Waals surface area contributed by atoms with Crippen molar-refractivity contribution in [3.05, 3.63) is 59.4 Å². The fourth-order valence-electron chi connectivity index (χ4n) is 2.57. The number of hydrogen-bond acceptors (Lipinski definition) is 4. The number of nitrogens with zero attached hydrogens (tertiary/aromatic N) is 1. The zero-order chi connectivity index (χ0) is 20.0. The Kier molecular flexibility index (Phi) is 6.79. The summed E-state index contributed by atoms with van der Waals surface area (Å²) >= 11 is 0. The average molecular weight is 394 g/mol. The summed E-state index contributed by atoms with van der Waals surface area (Å²) < 4.78 is 43.5. The van der Waals surface area contributed by atoms with Crippen LogP contribution in [0.25, 0.3) is 0 Å². The molecular formula is C19H23FN2O4S. The lowest BCUT2D eigenvalue weighted by Crippen LogP contribution is -2.41. The molecule has 8 heteroatoms. The van der Waals surface area contributed by atoms with Gasteiger partial charge in [0.05, 0.1) is 18.5 Å². The molecule has 2 aromatic rings. The number of benzene rings is 2. The number of aryl methyl sites for hydroxylation is 2. The first kappa shape index (κ1) is 20.7. The van der Waals surface area contributed by atoms with Crippen LogP contribution in [0, 0.1) is 19.7 Å². The van der Waals surface area contributed by atoms with Gasteiger partial charge >= 0.3 is 0 Å².